The van der Waals surface area contributed by atoms with Crippen LogP contribution in [0.4, 0.5) is 5.95 Å². The molecule has 0 unspecified atom stereocenters. The van der Waals surface area contributed by atoms with Gasteiger partial charge in [0.05, 0.1) is 7.11 Å². The molecule has 9 heteroatoms. The largest absolute Gasteiger partial charge is 0.466 e. The van der Waals surface area contributed by atoms with Gasteiger partial charge in [0.15, 0.2) is 10.8 Å². The zero-order valence-electron chi connectivity index (χ0n) is 8.64. The maximum atomic E-state index is 11.6. The smallest absolute Gasteiger partial charge is 0.336 e. The number of nitrogens with one attached hydrogen (secondary N) is 2. The van der Waals surface area contributed by atoms with E-state index in [1.165, 1.54) is 19.2 Å². The number of carbonyl (C=O) groups excluding carboxylic acids is 1. The van der Waals surface area contributed by atoms with Gasteiger partial charge in [0.25, 0.3) is 5.91 Å². The maximum Gasteiger partial charge on any atom is 0.336 e. The Balaban J connectivity index is 2.08. The Morgan fingerprint density at radius 1 is 1.47 bits per heavy atom. The van der Waals surface area contributed by atoms with E-state index in [0.717, 1.165) is 0 Å². The van der Waals surface area contributed by atoms with Crippen molar-refractivity contribution in [1.29, 1.82) is 0 Å². The summed E-state index contributed by atoms with van der Waals surface area (Å²) < 4.78 is 4.75. The summed E-state index contributed by atoms with van der Waals surface area (Å²) in [6.45, 7) is 0. The van der Waals surface area contributed by atoms with Crippen LogP contribution in [0.25, 0.3) is 0 Å². The fourth-order valence-corrected chi connectivity index (χ4v) is 1.10. The second kappa shape index (κ2) is 4.74. The monoisotopic (exact) mass is 254 g/mol. The number of aromatic nitrogens is 5. The van der Waals surface area contributed by atoms with Crippen molar-refractivity contribution in [3.63, 3.8) is 0 Å². The number of nitrogens with zero attached hydrogens (tertiary/aromatic N) is 4. The Morgan fingerprint density at radius 2 is 2.29 bits per heavy atom. The first-order valence-electron chi connectivity index (χ1n) is 4.46. The van der Waals surface area contributed by atoms with Crippen LogP contribution >= 0.6 is 11.6 Å². The molecular formula is C8H7ClN6O2. The van der Waals surface area contributed by atoms with Crippen molar-refractivity contribution >= 4 is 23.5 Å². The first-order chi connectivity index (χ1) is 8.19. The van der Waals surface area contributed by atoms with Crippen LogP contribution in [0.3, 0.4) is 0 Å². The number of amides is 1. The Kier molecular flexibility index (Phi) is 3.15. The molecule has 0 aliphatic carbocycles. The summed E-state index contributed by atoms with van der Waals surface area (Å²) in [6, 6.07) is 3.03. The second-order valence-electron chi connectivity index (χ2n) is 2.87. The highest BCUT2D eigenvalue weighted by Crippen LogP contribution is 2.07. The molecule has 0 bridgehead atoms. The molecule has 8 nitrogen and oxygen atoms in total. The van der Waals surface area contributed by atoms with Crippen LogP contribution < -0.4 is 10.1 Å². The highest BCUT2D eigenvalue weighted by molar-refractivity contribution is 6.29. The van der Waals surface area contributed by atoms with Crippen LogP contribution in [0, 0.1) is 0 Å². The van der Waals surface area contributed by atoms with E-state index in [1.807, 2.05) is 0 Å². The van der Waals surface area contributed by atoms with Gasteiger partial charge in [0, 0.05) is 0 Å². The lowest BCUT2D eigenvalue weighted by Gasteiger charge is -1.98. The zero-order valence-corrected chi connectivity index (χ0v) is 9.39. The van der Waals surface area contributed by atoms with Gasteiger partial charge in [-0.1, -0.05) is 11.6 Å². The molecule has 0 aliphatic heterocycles. The van der Waals surface area contributed by atoms with E-state index in [1.54, 1.807) is 0 Å². The normalized spacial score (nSPS) is 10.0. The van der Waals surface area contributed by atoms with E-state index >= 15 is 0 Å². The summed E-state index contributed by atoms with van der Waals surface area (Å²) in [7, 11) is 1.42. The number of hydrogen-bond donors (Lipinski definition) is 2. The van der Waals surface area contributed by atoms with Gasteiger partial charge in [0.2, 0.25) is 5.95 Å². The van der Waals surface area contributed by atoms with Gasteiger partial charge in [0.1, 0.15) is 0 Å². The number of ether oxygens (including phenoxy) is 1. The lowest BCUT2D eigenvalue weighted by Crippen LogP contribution is -2.15. The summed E-state index contributed by atoms with van der Waals surface area (Å²) in [4.78, 5) is 15.5. The zero-order chi connectivity index (χ0) is 12.3. The van der Waals surface area contributed by atoms with Crippen molar-refractivity contribution in [1.82, 2.24) is 25.4 Å². The standard InChI is InChI=1S/C8H7ClN6O2/c1-17-8-11-7(14-15-8)10-6(16)4-2-3-5(9)13-12-4/h2-3H,1H3,(H2,10,11,14,15,16). The molecule has 2 heterocycles. The van der Waals surface area contributed by atoms with Crippen molar-refractivity contribution < 1.29 is 9.53 Å². The van der Waals surface area contributed by atoms with Crippen molar-refractivity contribution in [3.8, 4) is 6.01 Å². The fourth-order valence-electron chi connectivity index (χ4n) is 1.00. The van der Waals surface area contributed by atoms with Crippen LogP contribution in [-0.4, -0.2) is 38.4 Å². The number of rotatable bonds is 3. The van der Waals surface area contributed by atoms with Crippen molar-refractivity contribution in [2.75, 3.05) is 12.4 Å². The first kappa shape index (κ1) is 11.3. The van der Waals surface area contributed by atoms with E-state index in [2.05, 4.69) is 30.7 Å². The molecule has 0 atom stereocenters. The summed E-state index contributed by atoms with van der Waals surface area (Å²) in [6.07, 6.45) is 0. The van der Waals surface area contributed by atoms with Crippen LogP contribution in [0.1, 0.15) is 10.5 Å². The third-order valence-electron chi connectivity index (χ3n) is 1.74. The molecule has 2 aromatic rings. The lowest BCUT2D eigenvalue weighted by molar-refractivity contribution is 0.102. The van der Waals surface area contributed by atoms with Gasteiger partial charge in [-0.15, -0.1) is 15.3 Å². The third kappa shape index (κ3) is 2.67. The molecule has 2 aromatic heterocycles. The molecule has 0 aromatic carbocycles. The Bertz CT molecular complexity index is 525. The van der Waals surface area contributed by atoms with Crippen LogP contribution in [-0.2, 0) is 0 Å². The summed E-state index contributed by atoms with van der Waals surface area (Å²) in [5.74, 6) is -0.323. The molecule has 17 heavy (non-hydrogen) atoms. The van der Waals surface area contributed by atoms with Crippen molar-refractivity contribution in [3.05, 3.63) is 23.0 Å². The predicted octanol–water partition coefficient (Wildman–Crippen LogP) is 0.509. The molecule has 0 aliphatic rings. The van der Waals surface area contributed by atoms with Gasteiger partial charge in [-0.2, -0.15) is 4.98 Å². The van der Waals surface area contributed by atoms with E-state index in [9.17, 15) is 4.79 Å². The minimum atomic E-state index is -0.479. The molecule has 2 N–H and O–H groups in total. The van der Waals surface area contributed by atoms with Gasteiger partial charge in [-0.05, 0) is 12.1 Å². The molecule has 2 rings (SSSR count). The van der Waals surface area contributed by atoms with Crippen molar-refractivity contribution in [2.45, 2.75) is 0 Å². The molecule has 0 radical (unpaired) electrons. The van der Waals surface area contributed by atoms with E-state index in [0.29, 0.717) is 0 Å². The number of halogens is 1. The number of hydrogen-bond acceptors (Lipinski definition) is 6. The molecule has 0 saturated carbocycles. The molecule has 0 saturated heterocycles. The molecule has 0 fully saturated rings. The van der Waals surface area contributed by atoms with E-state index in [-0.39, 0.29) is 22.8 Å². The van der Waals surface area contributed by atoms with Crippen LogP contribution in [0.15, 0.2) is 12.1 Å². The third-order valence-corrected chi connectivity index (χ3v) is 1.95. The first-order valence-corrected chi connectivity index (χ1v) is 4.84. The van der Waals surface area contributed by atoms with Gasteiger partial charge >= 0.3 is 6.01 Å². The van der Waals surface area contributed by atoms with Crippen LogP contribution in [0.2, 0.25) is 5.15 Å². The number of H-pyrrole nitrogens is 1. The van der Waals surface area contributed by atoms with Crippen molar-refractivity contribution in [2.24, 2.45) is 0 Å². The SMILES string of the molecule is COc1n[nH]c(NC(=O)c2ccc(Cl)nn2)n1. The number of methoxy groups -OCH3 is 1. The summed E-state index contributed by atoms with van der Waals surface area (Å²) in [5.41, 5.74) is 0.116. The minimum Gasteiger partial charge on any atom is -0.466 e. The minimum absolute atomic E-state index is 0.116. The highest BCUT2D eigenvalue weighted by atomic mass is 35.5. The van der Waals surface area contributed by atoms with Crippen LogP contribution in [0.5, 0.6) is 6.01 Å². The topological polar surface area (TPSA) is 106 Å². The Hall–Kier alpha value is -2.22. The average Bonchev–Trinajstić information content (AvgIpc) is 2.77. The molecule has 88 valence electrons. The fraction of sp³-hybridized carbons (Fsp3) is 0.125. The van der Waals surface area contributed by atoms with Gasteiger partial charge < -0.3 is 4.74 Å². The summed E-state index contributed by atoms with van der Waals surface area (Å²) in [5, 5.41) is 16.0. The number of anilines is 1. The molecule has 0 spiro atoms. The van der Waals surface area contributed by atoms with Gasteiger partial charge in [-0.3, -0.25) is 10.1 Å². The highest BCUT2D eigenvalue weighted by Gasteiger charge is 2.11. The van der Waals surface area contributed by atoms with Gasteiger partial charge in [-0.25, -0.2) is 5.10 Å². The summed E-state index contributed by atoms with van der Waals surface area (Å²) >= 11 is 5.55. The number of aromatic amines is 1. The quantitative estimate of drug-likeness (QED) is 0.827. The lowest BCUT2D eigenvalue weighted by atomic mass is 10.4. The average molecular weight is 255 g/mol. The molecular weight excluding hydrogens is 248 g/mol. The number of carbonyl (C=O) groups is 1. The van der Waals surface area contributed by atoms with E-state index < -0.39 is 5.91 Å². The Morgan fingerprint density at radius 3 is 2.88 bits per heavy atom. The molecule has 1 amide bonds. The van der Waals surface area contributed by atoms with E-state index in [4.69, 9.17) is 16.3 Å². The second-order valence-corrected chi connectivity index (χ2v) is 3.25. The predicted molar refractivity (Wildman–Crippen MR) is 57.9 cm³/mol. The Labute approximate surface area is 100 Å². The maximum absolute atomic E-state index is 11.6.